The average Bonchev–Trinajstić information content (AvgIpc) is 2.97. The van der Waals surface area contributed by atoms with E-state index in [1.165, 1.54) is 24.8 Å². The molecule has 0 aromatic heterocycles. The molecule has 2 unspecified atom stereocenters. The van der Waals surface area contributed by atoms with Crippen molar-refractivity contribution in [2.45, 2.75) is 63.5 Å². The van der Waals surface area contributed by atoms with E-state index in [2.05, 4.69) is 17.4 Å². The van der Waals surface area contributed by atoms with Gasteiger partial charge in [0.2, 0.25) is 0 Å². The summed E-state index contributed by atoms with van der Waals surface area (Å²) in [5, 5.41) is 13.7. The Morgan fingerprint density at radius 3 is 2.43 bits per heavy atom. The summed E-state index contributed by atoms with van der Waals surface area (Å²) >= 11 is 5.97. The van der Waals surface area contributed by atoms with Crippen molar-refractivity contribution >= 4 is 17.6 Å². The molecule has 2 saturated carbocycles. The summed E-state index contributed by atoms with van der Waals surface area (Å²) in [7, 11) is 0. The monoisotopic (exact) mass is 335 g/mol. The standard InChI is InChI=1S/C19H26ClNO2/c20-16-8-4-13(5-9-16)12-15-2-1-3-18(15)21-17-10-6-14(7-11-17)19(22)23/h4-5,8-9,14-15,17-18,21H,1-3,6-7,10-12H2,(H,22,23). The number of carbonyl (C=O) groups is 1. The largest absolute Gasteiger partial charge is 0.481 e. The fourth-order valence-electron chi connectivity index (χ4n) is 4.23. The van der Waals surface area contributed by atoms with Crippen LogP contribution in [-0.4, -0.2) is 23.2 Å². The molecule has 0 saturated heterocycles. The molecule has 0 amide bonds. The highest BCUT2D eigenvalue weighted by Gasteiger charge is 2.32. The minimum absolute atomic E-state index is 0.124. The van der Waals surface area contributed by atoms with Gasteiger partial charge in [0.25, 0.3) is 0 Å². The van der Waals surface area contributed by atoms with Crippen molar-refractivity contribution in [1.82, 2.24) is 5.32 Å². The number of carboxylic acid groups (broad SMARTS) is 1. The molecular weight excluding hydrogens is 310 g/mol. The van der Waals surface area contributed by atoms with Gasteiger partial charge in [-0.1, -0.05) is 30.2 Å². The Morgan fingerprint density at radius 1 is 1.09 bits per heavy atom. The number of nitrogens with one attached hydrogen (secondary N) is 1. The molecule has 0 spiro atoms. The van der Waals surface area contributed by atoms with Crippen LogP contribution in [0.5, 0.6) is 0 Å². The van der Waals surface area contributed by atoms with Gasteiger partial charge in [0.15, 0.2) is 0 Å². The van der Waals surface area contributed by atoms with Crippen LogP contribution in [0, 0.1) is 11.8 Å². The van der Waals surface area contributed by atoms with Crippen LogP contribution in [0.4, 0.5) is 0 Å². The number of carboxylic acids is 1. The molecule has 2 aliphatic carbocycles. The zero-order valence-electron chi connectivity index (χ0n) is 13.5. The van der Waals surface area contributed by atoms with Crippen molar-refractivity contribution in [2.24, 2.45) is 11.8 Å². The molecule has 1 aromatic carbocycles. The summed E-state index contributed by atoms with van der Waals surface area (Å²) in [5.74, 6) is -0.0557. The lowest BCUT2D eigenvalue weighted by Gasteiger charge is -2.31. The van der Waals surface area contributed by atoms with Crippen molar-refractivity contribution in [1.29, 1.82) is 0 Å². The maximum Gasteiger partial charge on any atom is 0.306 e. The summed E-state index contributed by atoms with van der Waals surface area (Å²) in [4.78, 5) is 11.1. The second-order valence-electron chi connectivity index (χ2n) is 7.18. The zero-order valence-corrected chi connectivity index (χ0v) is 14.3. The van der Waals surface area contributed by atoms with E-state index in [4.69, 9.17) is 16.7 Å². The lowest BCUT2D eigenvalue weighted by molar-refractivity contribution is -0.142. The maximum absolute atomic E-state index is 11.1. The smallest absolute Gasteiger partial charge is 0.306 e. The maximum atomic E-state index is 11.1. The molecule has 2 atom stereocenters. The molecular formula is C19H26ClNO2. The summed E-state index contributed by atoms with van der Waals surface area (Å²) in [6.07, 6.45) is 8.58. The van der Waals surface area contributed by atoms with Gasteiger partial charge in [-0.15, -0.1) is 0 Å². The van der Waals surface area contributed by atoms with Gasteiger partial charge in [0, 0.05) is 17.1 Å². The number of hydrogen-bond acceptors (Lipinski definition) is 2. The van der Waals surface area contributed by atoms with Crippen molar-refractivity contribution in [3.8, 4) is 0 Å². The van der Waals surface area contributed by atoms with E-state index < -0.39 is 5.97 Å². The molecule has 2 fully saturated rings. The van der Waals surface area contributed by atoms with Crippen molar-refractivity contribution in [3.63, 3.8) is 0 Å². The van der Waals surface area contributed by atoms with E-state index in [1.807, 2.05) is 12.1 Å². The summed E-state index contributed by atoms with van der Waals surface area (Å²) in [6.45, 7) is 0. The quantitative estimate of drug-likeness (QED) is 0.844. The Kier molecular flexibility index (Phi) is 5.60. The minimum atomic E-state index is -0.620. The Morgan fingerprint density at radius 2 is 1.78 bits per heavy atom. The van der Waals surface area contributed by atoms with Crippen LogP contribution in [0.2, 0.25) is 5.02 Å². The molecule has 2 N–H and O–H groups in total. The lowest BCUT2D eigenvalue weighted by atomic mass is 9.85. The van der Waals surface area contributed by atoms with Crippen LogP contribution in [0.1, 0.15) is 50.5 Å². The lowest BCUT2D eigenvalue weighted by Crippen LogP contribution is -2.43. The number of hydrogen-bond donors (Lipinski definition) is 2. The summed E-state index contributed by atoms with van der Waals surface area (Å²) in [5.41, 5.74) is 1.36. The first kappa shape index (κ1) is 16.8. The van der Waals surface area contributed by atoms with E-state index >= 15 is 0 Å². The van der Waals surface area contributed by atoms with E-state index in [9.17, 15) is 4.79 Å². The minimum Gasteiger partial charge on any atom is -0.481 e. The Hall–Kier alpha value is -1.06. The number of aliphatic carboxylic acids is 1. The molecule has 1 aromatic rings. The van der Waals surface area contributed by atoms with Gasteiger partial charge in [-0.25, -0.2) is 0 Å². The molecule has 3 nitrogen and oxygen atoms in total. The van der Waals surface area contributed by atoms with Gasteiger partial charge < -0.3 is 10.4 Å². The van der Waals surface area contributed by atoms with Crippen LogP contribution in [-0.2, 0) is 11.2 Å². The summed E-state index contributed by atoms with van der Waals surface area (Å²) in [6, 6.07) is 9.30. The molecule has 0 heterocycles. The highest BCUT2D eigenvalue weighted by atomic mass is 35.5. The van der Waals surface area contributed by atoms with E-state index in [1.54, 1.807) is 0 Å². The Labute approximate surface area is 143 Å². The Balaban J connectivity index is 1.51. The van der Waals surface area contributed by atoms with Crippen molar-refractivity contribution < 1.29 is 9.90 Å². The van der Waals surface area contributed by atoms with Crippen molar-refractivity contribution in [3.05, 3.63) is 34.9 Å². The molecule has 2 aliphatic rings. The number of benzene rings is 1. The third kappa shape index (κ3) is 4.48. The second kappa shape index (κ2) is 7.67. The number of halogens is 1. The van der Waals surface area contributed by atoms with Crippen molar-refractivity contribution in [2.75, 3.05) is 0 Å². The summed E-state index contributed by atoms with van der Waals surface area (Å²) < 4.78 is 0. The fourth-order valence-corrected chi connectivity index (χ4v) is 4.36. The molecule has 126 valence electrons. The molecule has 0 bridgehead atoms. The van der Waals surface area contributed by atoms with Gasteiger partial charge >= 0.3 is 5.97 Å². The normalized spacial score (nSPS) is 31.2. The van der Waals surface area contributed by atoms with E-state index in [-0.39, 0.29) is 5.92 Å². The third-order valence-corrected chi connectivity index (χ3v) is 5.85. The van der Waals surface area contributed by atoms with Crippen LogP contribution in [0.3, 0.4) is 0 Å². The highest BCUT2D eigenvalue weighted by Crippen LogP contribution is 2.32. The molecule has 0 aliphatic heterocycles. The predicted octanol–water partition coefficient (Wildman–Crippen LogP) is 4.28. The van der Waals surface area contributed by atoms with E-state index in [0.29, 0.717) is 18.0 Å². The molecule has 4 heteroatoms. The van der Waals surface area contributed by atoms with Gasteiger partial charge in [-0.2, -0.15) is 0 Å². The van der Waals surface area contributed by atoms with Gasteiger partial charge in [0.05, 0.1) is 5.92 Å². The molecule has 23 heavy (non-hydrogen) atoms. The van der Waals surface area contributed by atoms with Crippen LogP contribution >= 0.6 is 11.6 Å². The van der Waals surface area contributed by atoms with Gasteiger partial charge in [-0.3, -0.25) is 4.79 Å². The molecule has 0 radical (unpaired) electrons. The average molecular weight is 336 g/mol. The van der Waals surface area contributed by atoms with E-state index in [0.717, 1.165) is 37.1 Å². The van der Waals surface area contributed by atoms with Crippen LogP contribution < -0.4 is 5.32 Å². The third-order valence-electron chi connectivity index (χ3n) is 5.60. The predicted molar refractivity (Wildman–Crippen MR) is 92.8 cm³/mol. The first-order valence-corrected chi connectivity index (χ1v) is 9.23. The second-order valence-corrected chi connectivity index (χ2v) is 7.62. The van der Waals surface area contributed by atoms with Crippen LogP contribution in [0.15, 0.2) is 24.3 Å². The van der Waals surface area contributed by atoms with Crippen LogP contribution in [0.25, 0.3) is 0 Å². The fraction of sp³-hybridized carbons (Fsp3) is 0.632. The van der Waals surface area contributed by atoms with Gasteiger partial charge in [-0.05, 0) is 68.6 Å². The first-order valence-electron chi connectivity index (χ1n) is 8.85. The SMILES string of the molecule is O=C(O)C1CCC(NC2CCCC2Cc2ccc(Cl)cc2)CC1. The topological polar surface area (TPSA) is 49.3 Å². The first-order chi connectivity index (χ1) is 11.1. The Bertz CT molecular complexity index is 523. The zero-order chi connectivity index (χ0) is 16.2. The highest BCUT2D eigenvalue weighted by molar-refractivity contribution is 6.30. The molecule has 3 rings (SSSR count). The number of rotatable bonds is 5. The van der Waals surface area contributed by atoms with Gasteiger partial charge in [0.1, 0.15) is 0 Å².